The van der Waals surface area contributed by atoms with Crippen molar-refractivity contribution in [2.75, 3.05) is 30.8 Å². The number of aryl methyl sites for hydroxylation is 1. The summed E-state index contributed by atoms with van der Waals surface area (Å²) in [5.41, 5.74) is 1.52. The molecule has 1 aliphatic rings. The van der Waals surface area contributed by atoms with E-state index in [1.54, 1.807) is 19.1 Å². The summed E-state index contributed by atoms with van der Waals surface area (Å²) in [5.74, 6) is -1.31. The van der Waals surface area contributed by atoms with Crippen molar-refractivity contribution >= 4 is 17.8 Å². The number of carbonyl (C=O) groups excluding carboxylic acids is 1. The van der Waals surface area contributed by atoms with Gasteiger partial charge in [0, 0.05) is 17.8 Å². The van der Waals surface area contributed by atoms with E-state index in [0.717, 1.165) is 32.0 Å². The van der Waals surface area contributed by atoms with Crippen LogP contribution >= 0.6 is 0 Å². The molecular formula is C22H30F3N3O. The smallest absolute Gasteiger partial charge is 0.211 e. The first-order valence-electron chi connectivity index (χ1n) is 9.75. The molecule has 2 N–H and O–H groups in total. The third-order valence-corrected chi connectivity index (χ3v) is 4.40. The average Bonchev–Trinajstić information content (AvgIpc) is 2.71. The lowest BCUT2D eigenvalue weighted by atomic mass is 10.1. The highest BCUT2D eigenvalue weighted by Crippen LogP contribution is 2.22. The second kappa shape index (κ2) is 12.8. The van der Waals surface area contributed by atoms with Gasteiger partial charge in [0.1, 0.15) is 17.5 Å². The van der Waals surface area contributed by atoms with Crippen molar-refractivity contribution in [1.82, 2.24) is 4.90 Å². The van der Waals surface area contributed by atoms with Crippen molar-refractivity contribution in [1.29, 1.82) is 0 Å². The van der Waals surface area contributed by atoms with Gasteiger partial charge in [0.15, 0.2) is 0 Å². The molecule has 160 valence electrons. The van der Waals surface area contributed by atoms with Gasteiger partial charge in [-0.15, -0.1) is 0 Å². The van der Waals surface area contributed by atoms with Crippen molar-refractivity contribution < 1.29 is 18.0 Å². The maximum absolute atomic E-state index is 13.7. The Balaban J connectivity index is 0.000000321. The van der Waals surface area contributed by atoms with Gasteiger partial charge in [0.25, 0.3) is 0 Å². The molecule has 1 heterocycles. The van der Waals surface area contributed by atoms with Gasteiger partial charge in [-0.2, -0.15) is 0 Å². The quantitative estimate of drug-likeness (QED) is 0.683. The zero-order chi connectivity index (χ0) is 21.8. The zero-order valence-corrected chi connectivity index (χ0v) is 17.4. The van der Waals surface area contributed by atoms with Gasteiger partial charge < -0.3 is 15.5 Å². The molecule has 2 aromatic carbocycles. The topological polar surface area (TPSA) is 44.4 Å². The molecule has 0 atom stereocenters. The SMILES string of the molecule is CC.CN1CCC(Nc2cc(NC=O)ccc2F)CC1.Cc1ccc(F)cc1F. The van der Waals surface area contributed by atoms with E-state index in [4.69, 9.17) is 0 Å². The molecule has 1 amide bonds. The molecule has 0 bridgehead atoms. The van der Waals surface area contributed by atoms with Gasteiger partial charge in [-0.1, -0.05) is 19.9 Å². The lowest BCUT2D eigenvalue weighted by Gasteiger charge is -2.30. The summed E-state index contributed by atoms with van der Waals surface area (Å²) < 4.78 is 38.1. The Morgan fingerprint density at radius 3 is 2.21 bits per heavy atom. The molecule has 1 fully saturated rings. The summed E-state index contributed by atoms with van der Waals surface area (Å²) in [6.07, 6.45) is 2.59. The van der Waals surface area contributed by atoms with Gasteiger partial charge in [-0.3, -0.25) is 4.79 Å². The normalized spacial score (nSPS) is 14.0. The summed E-state index contributed by atoms with van der Waals surface area (Å²) in [5, 5.41) is 5.73. The van der Waals surface area contributed by atoms with Gasteiger partial charge in [0.05, 0.1) is 5.69 Å². The minimum Gasteiger partial charge on any atom is -0.380 e. The number of benzene rings is 2. The highest BCUT2D eigenvalue weighted by Gasteiger charge is 2.17. The largest absolute Gasteiger partial charge is 0.380 e. The number of rotatable bonds is 4. The Hall–Kier alpha value is -2.54. The Morgan fingerprint density at radius 2 is 1.66 bits per heavy atom. The predicted molar refractivity (Wildman–Crippen MR) is 113 cm³/mol. The third-order valence-electron chi connectivity index (χ3n) is 4.40. The van der Waals surface area contributed by atoms with Crippen LogP contribution < -0.4 is 10.6 Å². The molecule has 0 unspecified atom stereocenters. The lowest BCUT2D eigenvalue weighted by Crippen LogP contribution is -2.36. The Bertz CT molecular complexity index is 763. The molecule has 0 aliphatic carbocycles. The Labute approximate surface area is 171 Å². The number of carbonyl (C=O) groups is 1. The number of hydrogen-bond donors (Lipinski definition) is 2. The molecule has 0 spiro atoms. The molecule has 0 aromatic heterocycles. The number of amides is 1. The zero-order valence-electron chi connectivity index (χ0n) is 17.4. The van der Waals surface area contributed by atoms with Crippen molar-refractivity contribution in [3.05, 3.63) is 59.4 Å². The fourth-order valence-electron chi connectivity index (χ4n) is 2.73. The molecule has 29 heavy (non-hydrogen) atoms. The van der Waals surface area contributed by atoms with Crippen molar-refractivity contribution in [3.8, 4) is 0 Å². The number of anilines is 2. The van der Waals surface area contributed by atoms with Crippen LogP contribution in [0.3, 0.4) is 0 Å². The molecule has 0 saturated carbocycles. The fraction of sp³-hybridized carbons (Fsp3) is 0.409. The van der Waals surface area contributed by atoms with Crippen LogP contribution in [0.5, 0.6) is 0 Å². The molecule has 1 saturated heterocycles. The van der Waals surface area contributed by atoms with Crippen molar-refractivity contribution in [2.45, 2.75) is 39.7 Å². The van der Waals surface area contributed by atoms with Crippen LogP contribution in [0.1, 0.15) is 32.3 Å². The lowest BCUT2D eigenvalue weighted by molar-refractivity contribution is -0.105. The summed E-state index contributed by atoms with van der Waals surface area (Å²) in [6.45, 7) is 7.63. The Morgan fingerprint density at radius 1 is 1.00 bits per heavy atom. The number of likely N-dealkylation sites (tertiary alicyclic amines) is 1. The highest BCUT2D eigenvalue weighted by atomic mass is 19.1. The van der Waals surface area contributed by atoms with Crippen molar-refractivity contribution in [3.63, 3.8) is 0 Å². The van der Waals surface area contributed by atoms with Gasteiger partial charge in [0.2, 0.25) is 6.41 Å². The van der Waals surface area contributed by atoms with Gasteiger partial charge in [-0.05, 0) is 69.7 Å². The van der Waals surface area contributed by atoms with E-state index < -0.39 is 11.6 Å². The molecule has 4 nitrogen and oxygen atoms in total. The van der Waals surface area contributed by atoms with Crippen LogP contribution in [-0.2, 0) is 4.79 Å². The van der Waals surface area contributed by atoms with E-state index >= 15 is 0 Å². The van der Waals surface area contributed by atoms with E-state index in [0.29, 0.717) is 29.4 Å². The molecular weight excluding hydrogens is 379 g/mol. The second-order valence-corrected chi connectivity index (χ2v) is 6.57. The highest BCUT2D eigenvalue weighted by molar-refractivity contribution is 5.73. The van der Waals surface area contributed by atoms with Gasteiger partial charge in [-0.25, -0.2) is 13.2 Å². The molecule has 3 rings (SSSR count). The number of hydrogen-bond acceptors (Lipinski definition) is 3. The summed E-state index contributed by atoms with van der Waals surface area (Å²) in [4.78, 5) is 12.6. The van der Waals surface area contributed by atoms with E-state index in [-0.39, 0.29) is 5.82 Å². The Kier molecular flexibility index (Phi) is 10.8. The summed E-state index contributed by atoms with van der Waals surface area (Å²) >= 11 is 0. The number of nitrogens with zero attached hydrogens (tertiary/aromatic N) is 1. The van der Waals surface area contributed by atoms with Crippen LogP contribution in [0, 0.1) is 24.4 Å². The minimum absolute atomic E-state index is 0.287. The van der Waals surface area contributed by atoms with Crippen LogP contribution in [0.25, 0.3) is 0 Å². The van der Waals surface area contributed by atoms with E-state index in [9.17, 15) is 18.0 Å². The maximum Gasteiger partial charge on any atom is 0.211 e. The third kappa shape index (κ3) is 8.56. The number of piperidine rings is 1. The van der Waals surface area contributed by atoms with Crippen LogP contribution in [-0.4, -0.2) is 37.5 Å². The molecule has 0 radical (unpaired) electrons. The first-order valence-corrected chi connectivity index (χ1v) is 9.75. The first kappa shape index (κ1) is 24.5. The van der Waals surface area contributed by atoms with Crippen LogP contribution in [0.2, 0.25) is 0 Å². The van der Waals surface area contributed by atoms with Gasteiger partial charge >= 0.3 is 0 Å². The standard InChI is InChI=1S/C13H18FN3O.C7H6F2.C2H6/c1-17-6-4-10(5-7-17)16-13-8-11(15-9-18)2-3-12(13)14;1-5-2-3-6(8)4-7(5)9;1-2/h2-3,8-10,16H,4-7H2,1H3,(H,15,18);2-4H,1H3;1-2H3. The number of halogens is 3. The monoisotopic (exact) mass is 409 g/mol. The minimum atomic E-state index is -0.530. The maximum atomic E-state index is 13.7. The van der Waals surface area contributed by atoms with E-state index in [1.165, 1.54) is 18.2 Å². The average molecular weight is 409 g/mol. The van der Waals surface area contributed by atoms with Crippen LogP contribution in [0.4, 0.5) is 24.5 Å². The summed E-state index contributed by atoms with van der Waals surface area (Å²) in [7, 11) is 2.09. The van der Waals surface area contributed by atoms with Crippen molar-refractivity contribution in [2.24, 2.45) is 0 Å². The van der Waals surface area contributed by atoms with E-state index in [1.807, 2.05) is 13.8 Å². The van der Waals surface area contributed by atoms with E-state index in [2.05, 4.69) is 22.6 Å². The predicted octanol–water partition coefficient (Wildman–Crippen LogP) is 5.20. The number of nitrogens with one attached hydrogen (secondary N) is 2. The second-order valence-electron chi connectivity index (χ2n) is 6.57. The fourth-order valence-corrected chi connectivity index (χ4v) is 2.73. The molecule has 2 aromatic rings. The molecule has 1 aliphatic heterocycles. The summed E-state index contributed by atoms with van der Waals surface area (Å²) in [6, 6.07) is 8.34. The van der Waals surface area contributed by atoms with Crippen LogP contribution in [0.15, 0.2) is 36.4 Å². The first-order chi connectivity index (χ1) is 13.9. The molecule has 7 heteroatoms.